The third kappa shape index (κ3) is 3.84. The smallest absolute Gasteiger partial charge is 0.244 e. The highest BCUT2D eigenvalue weighted by Gasteiger charge is 2.25. The van der Waals surface area contributed by atoms with Crippen LogP contribution in [0.2, 0.25) is 0 Å². The first-order valence-corrected chi connectivity index (χ1v) is 7.89. The summed E-state index contributed by atoms with van der Waals surface area (Å²) in [6.45, 7) is 7.57. The molecular formula is C15H27N5O2. The highest BCUT2D eigenvalue weighted by molar-refractivity contribution is 5.76. The molecule has 7 heteroatoms. The van der Waals surface area contributed by atoms with Gasteiger partial charge in [-0.2, -0.15) is 5.10 Å². The lowest BCUT2D eigenvalue weighted by atomic mass is 10.1. The lowest BCUT2D eigenvalue weighted by molar-refractivity contribution is -0.134. The Balaban J connectivity index is 2.03. The van der Waals surface area contributed by atoms with Crippen LogP contribution in [-0.4, -0.2) is 51.9 Å². The molecule has 22 heavy (non-hydrogen) atoms. The van der Waals surface area contributed by atoms with Gasteiger partial charge in [0.05, 0.1) is 12.1 Å². The minimum absolute atomic E-state index is 0.0664. The number of piperidine rings is 1. The average molecular weight is 309 g/mol. The van der Waals surface area contributed by atoms with Crippen molar-refractivity contribution in [1.29, 1.82) is 0 Å². The number of nitrogens with zero attached hydrogens (tertiary/aromatic N) is 4. The minimum atomic E-state index is -0.215. The van der Waals surface area contributed by atoms with E-state index in [9.17, 15) is 4.79 Å². The number of carbonyl (C=O) groups excluding carboxylic acids is 1. The van der Waals surface area contributed by atoms with Crippen molar-refractivity contribution in [1.82, 2.24) is 19.7 Å². The molecular weight excluding hydrogens is 282 g/mol. The zero-order valence-corrected chi connectivity index (χ0v) is 14.0. The Labute approximate surface area is 131 Å². The Bertz CT molecular complexity index is 506. The van der Waals surface area contributed by atoms with Crippen molar-refractivity contribution in [2.75, 3.05) is 20.2 Å². The van der Waals surface area contributed by atoms with Crippen LogP contribution >= 0.6 is 0 Å². The van der Waals surface area contributed by atoms with Crippen LogP contribution in [0, 0.1) is 12.8 Å². The highest BCUT2D eigenvalue weighted by Crippen LogP contribution is 2.18. The van der Waals surface area contributed by atoms with Crippen molar-refractivity contribution in [3.8, 4) is 0 Å². The summed E-state index contributed by atoms with van der Waals surface area (Å²) in [5.41, 5.74) is 6.18. The van der Waals surface area contributed by atoms with Crippen LogP contribution < -0.4 is 5.73 Å². The van der Waals surface area contributed by atoms with Crippen LogP contribution in [0.25, 0.3) is 0 Å². The first-order chi connectivity index (χ1) is 10.4. The summed E-state index contributed by atoms with van der Waals surface area (Å²) in [5, 5.41) is 4.33. The van der Waals surface area contributed by atoms with Gasteiger partial charge in [-0.1, -0.05) is 13.8 Å². The number of aryl methyl sites for hydroxylation is 1. The van der Waals surface area contributed by atoms with Crippen molar-refractivity contribution in [3.63, 3.8) is 0 Å². The molecule has 1 aromatic heterocycles. The third-order valence-corrected chi connectivity index (χ3v) is 4.24. The molecule has 1 amide bonds. The minimum Gasteiger partial charge on any atom is -0.381 e. The number of likely N-dealkylation sites (tertiary alicyclic amines) is 1. The normalized spacial score (nSPS) is 18.0. The molecule has 1 aromatic rings. The van der Waals surface area contributed by atoms with Gasteiger partial charge in [0.1, 0.15) is 18.2 Å². The highest BCUT2D eigenvalue weighted by atomic mass is 16.5. The molecule has 2 rings (SSSR count). The van der Waals surface area contributed by atoms with E-state index >= 15 is 0 Å². The molecule has 1 saturated heterocycles. The SMILES string of the molecule is COC1CCN(C(=O)Cn2nc(C)nc2[C@@H](N)C(C)C)CC1. The second-order valence-corrected chi connectivity index (χ2v) is 6.26. The molecule has 7 nitrogen and oxygen atoms in total. The Kier molecular flexibility index (Phi) is 5.52. The average Bonchev–Trinajstić information content (AvgIpc) is 2.86. The van der Waals surface area contributed by atoms with Crippen molar-refractivity contribution < 1.29 is 9.53 Å². The van der Waals surface area contributed by atoms with E-state index in [-0.39, 0.29) is 30.5 Å². The van der Waals surface area contributed by atoms with Gasteiger partial charge in [0.25, 0.3) is 0 Å². The fourth-order valence-corrected chi connectivity index (χ4v) is 2.70. The van der Waals surface area contributed by atoms with Crippen molar-refractivity contribution >= 4 is 5.91 Å². The topological polar surface area (TPSA) is 86.3 Å². The molecule has 0 bridgehead atoms. The van der Waals surface area contributed by atoms with Gasteiger partial charge in [-0.15, -0.1) is 0 Å². The maximum atomic E-state index is 12.5. The van der Waals surface area contributed by atoms with Crippen LogP contribution in [0.3, 0.4) is 0 Å². The number of aromatic nitrogens is 3. The molecule has 0 unspecified atom stereocenters. The molecule has 1 atom stereocenters. The molecule has 2 N–H and O–H groups in total. The quantitative estimate of drug-likeness (QED) is 0.872. The van der Waals surface area contributed by atoms with Crippen molar-refractivity contribution in [2.45, 2.75) is 52.3 Å². The number of methoxy groups -OCH3 is 1. The third-order valence-electron chi connectivity index (χ3n) is 4.24. The van der Waals surface area contributed by atoms with E-state index in [4.69, 9.17) is 10.5 Å². The predicted octanol–water partition coefficient (Wildman–Crippen LogP) is 0.880. The summed E-state index contributed by atoms with van der Waals surface area (Å²) < 4.78 is 6.99. The van der Waals surface area contributed by atoms with E-state index in [1.165, 1.54) is 0 Å². The zero-order valence-electron chi connectivity index (χ0n) is 14.0. The van der Waals surface area contributed by atoms with Gasteiger partial charge < -0.3 is 15.4 Å². The van der Waals surface area contributed by atoms with Gasteiger partial charge in [0.15, 0.2) is 0 Å². The Morgan fingerprint density at radius 3 is 2.59 bits per heavy atom. The van der Waals surface area contributed by atoms with Gasteiger partial charge in [-0.05, 0) is 25.7 Å². The molecule has 0 aliphatic carbocycles. The van der Waals surface area contributed by atoms with Gasteiger partial charge in [-0.25, -0.2) is 9.67 Å². The number of nitrogens with two attached hydrogens (primary N) is 1. The van der Waals surface area contributed by atoms with E-state index < -0.39 is 0 Å². The molecule has 124 valence electrons. The summed E-state index contributed by atoms with van der Waals surface area (Å²) in [6, 6.07) is -0.215. The van der Waals surface area contributed by atoms with Crippen LogP contribution in [0.4, 0.5) is 0 Å². The number of hydrogen-bond donors (Lipinski definition) is 1. The summed E-state index contributed by atoms with van der Waals surface area (Å²) >= 11 is 0. The Hall–Kier alpha value is -1.47. The van der Waals surface area contributed by atoms with Crippen LogP contribution in [0.1, 0.15) is 44.4 Å². The summed E-state index contributed by atoms with van der Waals surface area (Å²) in [6.07, 6.45) is 2.04. The maximum Gasteiger partial charge on any atom is 0.244 e. The molecule has 1 aliphatic heterocycles. The van der Waals surface area contributed by atoms with E-state index in [0.29, 0.717) is 11.6 Å². The first kappa shape index (κ1) is 16.9. The van der Waals surface area contributed by atoms with E-state index in [1.54, 1.807) is 11.8 Å². The second-order valence-electron chi connectivity index (χ2n) is 6.26. The summed E-state index contributed by atoms with van der Waals surface area (Å²) in [7, 11) is 1.72. The van der Waals surface area contributed by atoms with Gasteiger partial charge in [0.2, 0.25) is 5.91 Å². The number of hydrogen-bond acceptors (Lipinski definition) is 5. The number of ether oxygens (including phenoxy) is 1. The van der Waals surface area contributed by atoms with E-state index in [0.717, 1.165) is 25.9 Å². The van der Waals surface area contributed by atoms with E-state index in [1.807, 2.05) is 25.7 Å². The van der Waals surface area contributed by atoms with Crippen molar-refractivity contribution in [3.05, 3.63) is 11.6 Å². The molecule has 2 heterocycles. The fraction of sp³-hybridized carbons (Fsp3) is 0.800. The maximum absolute atomic E-state index is 12.5. The van der Waals surface area contributed by atoms with Gasteiger partial charge >= 0.3 is 0 Å². The number of carbonyl (C=O) groups is 1. The van der Waals surface area contributed by atoms with Crippen molar-refractivity contribution in [2.24, 2.45) is 11.7 Å². The largest absolute Gasteiger partial charge is 0.381 e. The van der Waals surface area contributed by atoms with Gasteiger partial charge in [0, 0.05) is 20.2 Å². The summed E-state index contributed by atoms with van der Waals surface area (Å²) in [4.78, 5) is 18.7. The zero-order chi connectivity index (χ0) is 16.3. The van der Waals surface area contributed by atoms with Gasteiger partial charge in [-0.3, -0.25) is 4.79 Å². The van der Waals surface area contributed by atoms with Crippen LogP contribution in [-0.2, 0) is 16.1 Å². The lowest BCUT2D eigenvalue weighted by Gasteiger charge is -2.31. The monoisotopic (exact) mass is 309 g/mol. The fourth-order valence-electron chi connectivity index (χ4n) is 2.70. The first-order valence-electron chi connectivity index (χ1n) is 7.89. The molecule has 0 radical (unpaired) electrons. The van der Waals surface area contributed by atoms with Crippen LogP contribution in [0.15, 0.2) is 0 Å². The molecule has 1 fully saturated rings. The second kappa shape index (κ2) is 7.19. The molecule has 0 spiro atoms. The molecule has 0 aromatic carbocycles. The molecule has 0 saturated carbocycles. The predicted molar refractivity (Wildman–Crippen MR) is 83.1 cm³/mol. The summed E-state index contributed by atoms with van der Waals surface area (Å²) in [5.74, 6) is 1.65. The van der Waals surface area contributed by atoms with E-state index in [2.05, 4.69) is 10.1 Å². The Morgan fingerprint density at radius 1 is 1.41 bits per heavy atom. The standard InChI is InChI=1S/C15H27N5O2/c1-10(2)14(16)15-17-11(3)18-20(15)9-13(21)19-7-5-12(22-4)6-8-19/h10,12,14H,5-9,16H2,1-4H3/t14-/m0/s1. The number of amides is 1. The Morgan fingerprint density at radius 2 is 2.05 bits per heavy atom. The number of rotatable bonds is 5. The lowest BCUT2D eigenvalue weighted by Crippen LogP contribution is -2.42. The molecule has 1 aliphatic rings. The van der Waals surface area contributed by atoms with Crippen LogP contribution in [0.5, 0.6) is 0 Å².